The Morgan fingerprint density at radius 3 is 2.60 bits per heavy atom. The number of halogens is 2. The molecule has 2 heterocycles. The van der Waals surface area contributed by atoms with Gasteiger partial charge in [-0.1, -0.05) is 30.3 Å². The zero-order valence-electron chi connectivity index (χ0n) is 15.8. The SMILES string of the molecule is C=C(C(=O)Nc1ccc(-c2c(F)cnn2C)cc1)n1cnc2cc(Cl)ccc2c1=O. The van der Waals surface area contributed by atoms with Crippen molar-refractivity contribution in [1.82, 2.24) is 19.3 Å². The van der Waals surface area contributed by atoms with Crippen molar-refractivity contribution >= 4 is 39.8 Å². The van der Waals surface area contributed by atoms with Gasteiger partial charge in [-0.2, -0.15) is 5.10 Å². The Morgan fingerprint density at radius 2 is 1.93 bits per heavy atom. The highest BCUT2D eigenvalue weighted by molar-refractivity contribution is 6.31. The van der Waals surface area contributed by atoms with Gasteiger partial charge in [0.25, 0.3) is 11.5 Å². The molecule has 4 rings (SSSR count). The molecule has 0 radical (unpaired) electrons. The van der Waals surface area contributed by atoms with Gasteiger partial charge >= 0.3 is 0 Å². The molecule has 0 aliphatic rings. The van der Waals surface area contributed by atoms with E-state index in [1.807, 2.05) is 0 Å². The van der Waals surface area contributed by atoms with Crippen molar-refractivity contribution in [3.05, 3.63) is 82.8 Å². The Kier molecular flexibility index (Phi) is 4.93. The molecule has 7 nitrogen and oxygen atoms in total. The first-order chi connectivity index (χ1) is 14.3. The molecule has 1 amide bonds. The zero-order valence-corrected chi connectivity index (χ0v) is 16.5. The van der Waals surface area contributed by atoms with Crippen molar-refractivity contribution in [1.29, 1.82) is 0 Å². The minimum Gasteiger partial charge on any atom is -0.321 e. The fourth-order valence-electron chi connectivity index (χ4n) is 3.05. The van der Waals surface area contributed by atoms with E-state index in [9.17, 15) is 14.0 Å². The van der Waals surface area contributed by atoms with Gasteiger partial charge in [-0.05, 0) is 30.3 Å². The maximum Gasteiger partial charge on any atom is 0.272 e. The van der Waals surface area contributed by atoms with E-state index in [1.54, 1.807) is 49.5 Å². The van der Waals surface area contributed by atoms with Crippen LogP contribution in [0.4, 0.5) is 10.1 Å². The maximum atomic E-state index is 13.9. The van der Waals surface area contributed by atoms with Crippen LogP contribution >= 0.6 is 11.6 Å². The fourth-order valence-corrected chi connectivity index (χ4v) is 3.21. The molecular formula is C21H15ClFN5O2. The summed E-state index contributed by atoms with van der Waals surface area (Å²) in [6.07, 6.45) is 2.37. The Morgan fingerprint density at radius 1 is 1.20 bits per heavy atom. The molecule has 0 bridgehead atoms. The van der Waals surface area contributed by atoms with Crippen LogP contribution in [0, 0.1) is 5.82 Å². The minimum absolute atomic E-state index is 0.0916. The predicted molar refractivity (Wildman–Crippen MR) is 114 cm³/mol. The Bertz CT molecular complexity index is 1340. The van der Waals surface area contributed by atoms with Crippen molar-refractivity contribution < 1.29 is 9.18 Å². The highest BCUT2D eigenvalue weighted by atomic mass is 35.5. The summed E-state index contributed by atoms with van der Waals surface area (Å²) in [6.45, 7) is 3.71. The number of carbonyl (C=O) groups is 1. The average Bonchev–Trinajstić information content (AvgIpc) is 3.06. The second-order valence-corrected chi connectivity index (χ2v) is 6.96. The van der Waals surface area contributed by atoms with Crippen LogP contribution in [-0.2, 0) is 11.8 Å². The third-order valence-electron chi connectivity index (χ3n) is 4.58. The normalized spacial score (nSPS) is 10.9. The third kappa shape index (κ3) is 3.48. The molecule has 0 aliphatic heterocycles. The molecule has 30 heavy (non-hydrogen) atoms. The van der Waals surface area contributed by atoms with Crippen LogP contribution in [0.2, 0.25) is 5.02 Å². The number of rotatable bonds is 4. The number of benzene rings is 2. The van der Waals surface area contributed by atoms with E-state index in [2.05, 4.69) is 22.0 Å². The van der Waals surface area contributed by atoms with Gasteiger partial charge in [0.05, 0.1) is 17.1 Å². The molecule has 4 aromatic rings. The minimum atomic E-state index is -0.577. The van der Waals surface area contributed by atoms with Crippen LogP contribution in [0.5, 0.6) is 0 Å². The van der Waals surface area contributed by atoms with Crippen LogP contribution in [0.15, 0.2) is 66.4 Å². The van der Waals surface area contributed by atoms with Gasteiger partial charge in [0, 0.05) is 23.3 Å². The first-order valence-electron chi connectivity index (χ1n) is 8.80. The molecular weight excluding hydrogens is 409 g/mol. The predicted octanol–water partition coefficient (Wildman–Crippen LogP) is 3.70. The lowest BCUT2D eigenvalue weighted by molar-refractivity contribution is -0.111. The number of anilines is 1. The second-order valence-electron chi connectivity index (χ2n) is 6.52. The standard InChI is InChI=1S/C21H15ClFN5O2/c1-12(28-11-24-18-9-14(22)5-8-16(18)21(28)30)20(29)26-15-6-3-13(4-7-15)19-17(23)10-25-27(19)2/h3-11H,1H2,2H3,(H,26,29). The van der Waals surface area contributed by atoms with E-state index in [0.717, 1.165) is 10.8 Å². The van der Waals surface area contributed by atoms with Crippen LogP contribution in [-0.4, -0.2) is 25.2 Å². The van der Waals surface area contributed by atoms with Crippen LogP contribution in [0.1, 0.15) is 0 Å². The van der Waals surface area contributed by atoms with E-state index in [-0.39, 0.29) is 5.70 Å². The van der Waals surface area contributed by atoms with Crippen LogP contribution in [0.25, 0.3) is 27.9 Å². The van der Waals surface area contributed by atoms with Gasteiger partial charge in [-0.15, -0.1) is 0 Å². The van der Waals surface area contributed by atoms with Gasteiger partial charge in [0.1, 0.15) is 17.7 Å². The van der Waals surface area contributed by atoms with Gasteiger partial charge in [0.15, 0.2) is 5.82 Å². The summed E-state index contributed by atoms with van der Waals surface area (Å²) in [7, 11) is 1.64. The summed E-state index contributed by atoms with van der Waals surface area (Å²) in [5, 5.41) is 7.31. The Labute approximate surface area is 175 Å². The highest BCUT2D eigenvalue weighted by Gasteiger charge is 2.15. The molecule has 0 aliphatic carbocycles. The summed E-state index contributed by atoms with van der Waals surface area (Å²) in [4.78, 5) is 29.4. The average molecular weight is 424 g/mol. The lowest BCUT2D eigenvalue weighted by Gasteiger charge is -2.11. The van der Waals surface area contributed by atoms with Gasteiger partial charge in [-0.3, -0.25) is 18.8 Å². The van der Waals surface area contributed by atoms with E-state index in [0.29, 0.717) is 32.9 Å². The smallest absolute Gasteiger partial charge is 0.272 e. The van der Waals surface area contributed by atoms with Crippen LogP contribution in [0.3, 0.4) is 0 Å². The number of aromatic nitrogens is 4. The molecule has 0 saturated carbocycles. The summed E-state index contributed by atoms with van der Waals surface area (Å²) in [5.74, 6) is -1.01. The van der Waals surface area contributed by atoms with Crippen LogP contribution < -0.4 is 10.9 Å². The van der Waals surface area contributed by atoms with Crippen molar-refractivity contribution in [2.75, 3.05) is 5.32 Å². The lowest BCUT2D eigenvalue weighted by atomic mass is 10.1. The van der Waals surface area contributed by atoms with E-state index in [4.69, 9.17) is 11.6 Å². The van der Waals surface area contributed by atoms with E-state index < -0.39 is 17.3 Å². The number of amides is 1. The first-order valence-corrected chi connectivity index (χ1v) is 9.18. The topological polar surface area (TPSA) is 81.8 Å². The number of hydrogen-bond acceptors (Lipinski definition) is 4. The monoisotopic (exact) mass is 423 g/mol. The third-order valence-corrected chi connectivity index (χ3v) is 4.82. The molecule has 0 spiro atoms. The van der Waals surface area contributed by atoms with Gasteiger partial charge in [-0.25, -0.2) is 9.37 Å². The number of carbonyl (C=O) groups excluding carboxylic acids is 1. The number of hydrogen-bond donors (Lipinski definition) is 1. The first kappa shape index (κ1) is 19.5. The fraction of sp³-hybridized carbons (Fsp3) is 0.0476. The summed E-state index contributed by atoms with van der Waals surface area (Å²) >= 11 is 5.92. The quantitative estimate of drug-likeness (QED) is 0.507. The molecule has 9 heteroatoms. The lowest BCUT2D eigenvalue weighted by Crippen LogP contribution is -2.26. The molecule has 1 N–H and O–H groups in total. The molecule has 2 aromatic carbocycles. The Hall–Kier alpha value is -3.78. The largest absolute Gasteiger partial charge is 0.321 e. The number of nitrogens with zero attached hydrogens (tertiary/aromatic N) is 4. The molecule has 0 fully saturated rings. The molecule has 150 valence electrons. The number of aryl methyl sites for hydroxylation is 1. The molecule has 0 saturated heterocycles. The summed E-state index contributed by atoms with van der Waals surface area (Å²) in [6, 6.07) is 11.3. The van der Waals surface area contributed by atoms with E-state index >= 15 is 0 Å². The van der Waals surface area contributed by atoms with E-state index in [1.165, 1.54) is 11.0 Å². The number of nitrogens with one attached hydrogen (secondary N) is 1. The van der Waals surface area contributed by atoms with Crippen molar-refractivity contribution in [2.24, 2.45) is 7.05 Å². The maximum absolute atomic E-state index is 13.9. The summed E-state index contributed by atoms with van der Waals surface area (Å²) < 4.78 is 16.4. The summed E-state index contributed by atoms with van der Waals surface area (Å²) in [5.41, 5.74) is 1.31. The molecule has 0 unspecified atom stereocenters. The van der Waals surface area contributed by atoms with Crippen molar-refractivity contribution in [3.8, 4) is 11.3 Å². The van der Waals surface area contributed by atoms with Crippen molar-refractivity contribution in [3.63, 3.8) is 0 Å². The molecule has 2 aromatic heterocycles. The number of fused-ring (bicyclic) bond motifs is 1. The van der Waals surface area contributed by atoms with Gasteiger partial charge in [0.2, 0.25) is 0 Å². The van der Waals surface area contributed by atoms with Gasteiger partial charge < -0.3 is 5.32 Å². The Balaban J connectivity index is 1.56. The zero-order chi connectivity index (χ0) is 21.4. The van der Waals surface area contributed by atoms with Crippen molar-refractivity contribution in [2.45, 2.75) is 0 Å². The molecule has 0 atom stereocenters. The second kappa shape index (κ2) is 7.57. The highest BCUT2D eigenvalue weighted by Crippen LogP contribution is 2.24.